The average molecular weight is 172 g/mol. The van der Waals surface area contributed by atoms with Gasteiger partial charge in [0.25, 0.3) is 0 Å². The van der Waals surface area contributed by atoms with Crippen molar-refractivity contribution >= 4 is 11.9 Å². The Balaban J connectivity index is 4.44. The number of aliphatic carboxylic acids is 2. The van der Waals surface area contributed by atoms with Crippen molar-refractivity contribution in [2.24, 2.45) is 5.92 Å². The number of carboxylic acids is 2. The highest BCUT2D eigenvalue weighted by Crippen LogP contribution is 2.06. The largest absolute Gasteiger partial charge is 0.481 e. The molecule has 0 spiro atoms. The van der Waals surface area contributed by atoms with E-state index in [1.54, 1.807) is 13.8 Å². The fourth-order valence-corrected chi connectivity index (χ4v) is 0.771. The van der Waals surface area contributed by atoms with Crippen LogP contribution < -0.4 is 0 Å². The molecular formula is C8H12O4. The van der Waals surface area contributed by atoms with Crippen LogP contribution in [-0.4, -0.2) is 22.2 Å². The van der Waals surface area contributed by atoms with Crippen molar-refractivity contribution in [3.05, 3.63) is 11.6 Å². The maximum absolute atomic E-state index is 10.4. The van der Waals surface area contributed by atoms with Crippen molar-refractivity contribution in [2.45, 2.75) is 20.3 Å². The second-order valence-electron chi connectivity index (χ2n) is 2.81. The fourth-order valence-electron chi connectivity index (χ4n) is 0.771. The van der Waals surface area contributed by atoms with E-state index in [1.807, 2.05) is 0 Å². The van der Waals surface area contributed by atoms with Gasteiger partial charge in [0.15, 0.2) is 0 Å². The van der Waals surface area contributed by atoms with Gasteiger partial charge in [-0.1, -0.05) is 19.9 Å². The molecular weight excluding hydrogens is 160 g/mol. The lowest BCUT2D eigenvalue weighted by atomic mass is 10.1. The van der Waals surface area contributed by atoms with Gasteiger partial charge in [0.05, 0.1) is 6.42 Å². The molecule has 12 heavy (non-hydrogen) atoms. The van der Waals surface area contributed by atoms with Crippen LogP contribution in [0.15, 0.2) is 11.6 Å². The lowest BCUT2D eigenvalue weighted by Gasteiger charge is -2.00. The van der Waals surface area contributed by atoms with E-state index in [9.17, 15) is 9.59 Å². The number of allylic oxidation sites excluding steroid dienone is 1. The standard InChI is InChI=1S/C8H12O4/c1-5(2)3-6(8(11)12)4-7(9)10/h3,5H,4H2,1-2H3,(H,9,10)(H,11,12)/b6-3+. The van der Waals surface area contributed by atoms with Crippen LogP contribution in [0.2, 0.25) is 0 Å². The summed E-state index contributed by atoms with van der Waals surface area (Å²) in [5, 5.41) is 16.9. The second-order valence-corrected chi connectivity index (χ2v) is 2.81. The van der Waals surface area contributed by atoms with E-state index in [1.165, 1.54) is 6.08 Å². The summed E-state index contributed by atoms with van der Waals surface area (Å²) < 4.78 is 0. The number of hydrogen-bond acceptors (Lipinski definition) is 2. The van der Waals surface area contributed by atoms with Gasteiger partial charge in [0.1, 0.15) is 0 Å². The van der Waals surface area contributed by atoms with E-state index in [2.05, 4.69) is 0 Å². The van der Waals surface area contributed by atoms with Gasteiger partial charge in [-0.05, 0) is 5.92 Å². The Labute approximate surface area is 70.5 Å². The van der Waals surface area contributed by atoms with Crippen molar-refractivity contribution in [3.63, 3.8) is 0 Å². The van der Waals surface area contributed by atoms with Crippen molar-refractivity contribution < 1.29 is 19.8 Å². The Morgan fingerprint density at radius 2 is 1.83 bits per heavy atom. The zero-order valence-electron chi connectivity index (χ0n) is 7.07. The van der Waals surface area contributed by atoms with Crippen molar-refractivity contribution in [2.75, 3.05) is 0 Å². The third kappa shape index (κ3) is 4.49. The van der Waals surface area contributed by atoms with E-state index in [0.29, 0.717) is 0 Å². The zero-order valence-corrected chi connectivity index (χ0v) is 7.07. The third-order valence-corrected chi connectivity index (χ3v) is 1.15. The minimum atomic E-state index is -1.16. The van der Waals surface area contributed by atoms with Crippen LogP contribution in [-0.2, 0) is 9.59 Å². The molecule has 0 bridgehead atoms. The SMILES string of the molecule is CC(C)/C=C(\CC(=O)O)C(=O)O. The van der Waals surface area contributed by atoms with E-state index >= 15 is 0 Å². The molecule has 4 nitrogen and oxygen atoms in total. The second kappa shape index (κ2) is 4.54. The lowest BCUT2D eigenvalue weighted by molar-refractivity contribution is -0.139. The molecule has 0 amide bonds. The topological polar surface area (TPSA) is 74.6 Å². The summed E-state index contributed by atoms with van der Waals surface area (Å²) in [5.41, 5.74) is -0.0579. The molecule has 0 radical (unpaired) electrons. The van der Waals surface area contributed by atoms with Crippen LogP contribution in [0.25, 0.3) is 0 Å². The van der Waals surface area contributed by atoms with E-state index in [4.69, 9.17) is 10.2 Å². The predicted molar refractivity (Wildman–Crippen MR) is 42.8 cm³/mol. The van der Waals surface area contributed by atoms with Gasteiger partial charge in [-0.2, -0.15) is 0 Å². The summed E-state index contributed by atoms with van der Waals surface area (Å²) in [7, 11) is 0. The Bertz CT molecular complexity index is 215. The van der Waals surface area contributed by atoms with Crippen LogP contribution in [0.1, 0.15) is 20.3 Å². The van der Waals surface area contributed by atoms with Crippen LogP contribution in [0.5, 0.6) is 0 Å². The Kier molecular flexibility index (Phi) is 4.04. The first-order chi connectivity index (χ1) is 5.43. The number of hydrogen-bond donors (Lipinski definition) is 2. The maximum Gasteiger partial charge on any atom is 0.331 e. The minimum Gasteiger partial charge on any atom is -0.481 e. The fraction of sp³-hybridized carbons (Fsp3) is 0.500. The molecule has 0 unspecified atom stereocenters. The molecule has 0 aliphatic rings. The number of carboxylic acid groups (broad SMARTS) is 2. The van der Waals surface area contributed by atoms with Crippen LogP contribution in [0.3, 0.4) is 0 Å². The van der Waals surface area contributed by atoms with E-state index in [0.717, 1.165) is 0 Å². The molecule has 0 aromatic rings. The van der Waals surface area contributed by atoms with Crippen LogP contribution in [0, 0.1) is 5.92 Å². The summed E-state index contributed by atoms with van der Waals surface area (Å²) >= 11 is 0. The molecule has 0 aromatic carbocycles. The summed E-state index contributed by atoms with van der Waals surface area (Å²) in [5.74, 6) is -2.23. The minimum absolute atomic E-state index is 0.0513. The molecule has 0 rings (SSSR count). The van der Waals surface area contributed by atoms with Crippen molar-refractivity contribution in [1.29, 1.82) is 0 Å². The zero-order chi connectivity index (χ0) is 9.72. The Morgan fingerprint density at radius 3 is 2.08 bits per heavy atom. The van der Waals surface area contributed by atoms with Crippen LogP contribution >= 0.6 is 0 Å². The number of carbonyl (C=O) groups is 2. The predicted octanol–water partition coefficient (Wildman–Crippen LogP) is 1.13. The first-order valence-corrected chi connectivity index (χ1v) is 3.59. The molecule has 0 fully saturated rings. The van der Waals surface area contributed by atoms with Crippen molar-refractivity contribution in [3.8, 4) is 0 Å². The van der Waals surface area contributed by atoms with E-state index in [-0.39, 0.29) is 11.5 Å². The molecule has 0 heterocycles. The quantitative estimate of drug-likeness (QED) is 0.623. The molecule has 0 aliphatic heterocycles. The first kappa shape index (κ1) is 10.7. The maximum atomic E-state index is 10.4. The summed E-state index contributed by atoms with van der Waals surface area (Å²) in [4.78, 5) is 20.6. The van der Waals surface area contributed by atoms with Crippen molar-refractivity contribution in [1.82, 2.24) is 0 Å². The van der Waals surface area contributed by atoms with Gasteiger partial charge in [-0.3, -0.25) is 4.79 Å². The normalized spacial score (nSPS) is 11.8. The molecule has 0 aromatic heterocycles. The first-order valence-electron chi connectivity index (χ1n) is 3.59. The van der Waals surface area contributed by atoms with Gasteiger partial charge in [0.2, 0.25) is 0 Å². The molecule has 0 saturated carbocycles. The summed E-state index contributed by atoms with van der Waals surface area (Å²) in [6.45, 7) is 3.59. The van der Waals surface area contributed by atoms with Gasteiger partial charge >= 0.3 is 11.9 Å². The number of rotatable bonds is 4. The Morgan fingerprint density at radius 1 is 1.33 bits per heavy atom. The highest BCUT2D eigenvalue weighted by Gasteiger charge is 2.11. The lowest BCUT2D eigenvalue weighted by Crippen LogP contribution is -2.07. The van der Waals surface area contributed by atoms with Gasteiger partial charge in [0, 0.05) is 5.57 Å². The molecule has 68 valence electrons. The molecule has 0 saturated heterocycles. The highest BCUT2D eigenvalue weighted by atomic mass is 16.4. The van der Waals surface area contributed by atoms with Crippen LogP contribution in [0.4, 0.5) is 0 Å². The third-order valence-electron chi connectivity index (χ3n) is 1.15. The summed E-state index contributed by atoms with van der Waals surface area (Å²) in [6.07, 6.45) is 1.02. The average Bonchev–Trinajstić information content (AvgIpc) is 1.83. The molecule has 0 atom stereocenters. The summed E-state index contributed by atoms with van der Waals surface area (Å²) in [6, 6.07) is 0. The molecule has 4 heteroatoms. The molecule has 0 aliphatic carbocycles. The molecule has 2 N–H and O–H groups in total. The smallest absolute Gasteiger partial charge is 0.331 e. The van der Waals surface area contributed by atoms with E-state index < -0.39 is 18.4 Å². The van der Waals surface area contributed by atoms with Gasteiger partial charge in [-0.15, -0.1) is 0 Å². The van der Waals surface area contributed by atoms with Gasteiger partial charge < -0.3 is 10.2 Å². The van der Waals surface area contributed by atoms with Gasteiger partial charge in [-0.25, -0.2) is 4.79 Å². The highest BCUT2D eigenvalue weighted by molar-refractivity contribution is 5.92. The Hall–Kier alpha value is -1.32. The monoisotopic (exact) mass is 172 g/mol.